The van der Waals surface area contributed by atoms with Crippen LogP contribution in [0.5, 0.6) is 5.75 Å². The average Bonchev–Trinajstić information content (AvgIpc) is 3.30. The number of hydrogen-bond donors (Lipinski definition) is 1. The van der Waals surface area contributed by atoms with Crippen LogP contribution < -0.4 is 10.5 Å². The van der Waals surface area contributed by atoms with Gasteiger partial charge in [-0.3, -0.25) is 9.69 Å². The zero-order valence-electron chi connectivity index (χ0n) is 17.5. The number of halogens is 2. The van der Waals surface area contributed by atoms with E-state index in [-0.39, 0.29) is 23.3 Å². The molecule has 2 atom stereocenters. The highest BCUT2D eigenvalue weighted by atomic mass is 35.5. The number of guanidine groups is 1. The molecule has 7 nitrogen and oxygen atoms in total. The maximum Gasteiger partial charge on any atom is 0.261 e. The van der Waals surface area contributed by atoms with Gasteiger partial charge < -0.3 is 15.0 Å². The number of benzene rings is 2. The monoisotopic (exact) mass is 453 g/mol. The molecule has 1 aromatic heterocycles. The van der Waals surface area contributed by atoms with E-state index in [0.29, 0.717) is 29.0 Å². The number of carbonyl (C=O) groups excluding carboxylic acids is 1. The molecular weight excluding hydrogens is 433 g/mol. The minimum Gasteiger partial charge on any atom is -0.485 e. The Labute approximate surface area is 189 Å². The Morgan fingerprint density at radius 2 is 2.06 bits per heavy atom. The number of likely N-dealkylation sites (N-methyl/N-ethyl adjacent to an activating group) is 1. The Hall–Kier alpha value is -3.39. The molecule has 164 valence electrons. The summed E-state index contributed by atoms with van der Waals surface area (Å²) in [4.78, 5) is 23.6. The lowest BCUT2D eigenvalue weighted by molar-refractivity contribution is -0.134. The standard InChI is InChI=1S/C23H21ClFN5O2/c1-22(12-30-6-5-27-13-30)11-23(20(31)29(2)21(26)28-23)18-9-14(3-4-19(18)32-22)15-7-16(24)10-17(25)8-15/h3-10,13H,11-12H2,1-2H3,(H2,26,28)/t22-,23+/m0/s1. The first kappa shape index (κ1) is 20.5. The number of nitrogens with two attached hydrogens (primary N) is 1. The van der Waals surface area contributed by atoms with E-state index < -0.39 is 17.0 Å². The lowest BCUT2D eigenvalue weighted by Gasteiger charge is -2.43. The van der Waals surface area contributed by atoms with Crippen molar-refractivity contribution in [3.8, 4) is 16.9 Å². The summed E-state index contributed by atoms with van der Waals surface area (Å²) >= 11 is 6.06. The minimum atomic E-state index is -1.24. The molecule has 1 spiro atoms. The highest BCUT2D eigenvalue weighted by molar-refractivity contribution is 6.30. The van der Waals surface area contributed by atoms with E-state index in [1.165, 1.54) is 17.0 Å². The van der Waals surface area contributed by atoms with Crippen molar-refractivity contribution >= 4 is 23.5 Å². The summed E-state index contributed by atoms with van der Waals surface area (Å²) in [6.07, 6.45) is 5.51. The van der Waals surface area contributed by atoms with Gasteiger partial charge in [-0.2, -0.15) is 0 Å². The first-order valence-corrected chi connectivity index (χ1v) is 10.5. The van der Waals surface area contributed by atoms with E-state index in [1.54, 1.807) is 31.7 Å². The molecule has 32 heavy (non-hydrogen) atoms. The highest BCUT2D eigenvalue weighted by Crippen LogP contribution is 2.50. The molecule has 2 aliphatic heterocycles. The van der Waals surface area contributed by atoms with Crippen molar-refractivity contribution in [2.45, 2.75) is 31.0 Å². The van der Waals surface area contributed by atoms with Crippen molar-refractivity contribution in [1.29, 1.82) is 0 Å². The van der Waals surface area contributed by atoms with Gasteiger partial charge in [-0.15, -0.1) is 0 Å². The Morgan fingerprint density at radius 1 is 1.25 bits per heavy atom. The lowest BCUT2D eigenvalue weighted by Crippen LogP contribution is -2.52. The number of rotatable bonds is 3. The molecule has 9 heteroatoms. The van der Waals surface area contributed by atoms with Gasteiger partial charge in [0.15, 0.2) is 11.5 Å². The Morgan fingerprint density at radius 3 is 2.72 bits per heavy atom. The van der Waals surface area contributed by atoms with Crippen LogP contribution in [0.4, 0.5) is 4.39 Å². The van der Waals surface area contributed by atoms with Gasteiger partial charge in [0.05, 0.1) is 12.9 Å². The molecule has 0 unspecified atom stereocenters. The van der Waals surface area contributed by atoms with Gasteiger partial charge in [-0.25, -0.2) is 14.4 Å². The summed E-state index contributed by atoms with van der Waals surface area (Å²) in [6, 6.07) is 9.73. The second-order valence-electron chi connectivity index (χ2n) is 8.53. The first-order valence-electron chi connectivity index (χ1n) is 10.1. The van der Waals surface area contributed by atoms with Crippen LogP contribution in [-0.2, 0) is 16.9 Å². The predicted octanol–water partition coefficient (Wildman–Crippen LogP) is 3.57. The first-order chi connectivity index (χ1) is 15.2. The van der Waals surface area contributed by atoms with E-state index in [4.69, 9.17) is 22.1 Å². The van der Waals surface area contributed by atoms with E-state index in [0.717, 1.165) is 0 Å². The molecule has 1 amide bonds. The fourth-order valence-corrected chi connectivity index (χ4v) is 4.85. The predicted molar refractivity (Wildman–Crippen MR) is 119 cm³/mol. The van der Waals surface area contributed by atoms with Gasteiger partial charge in [-0.1, -0.05) is 17.7 Å². The molecule has 0 bridgehead atoms. The van der Waals surface area contributed by atoms with Gasteiger partial charge in [0.2, 0.25) is 0 Å². The molecule has 2 aliphatic rings. The molecule has 2 aromatic carbocycles. The van der Waals surface area contributed by atoms with Crippen molar-refractivity contribution in [1.82, 2.24) is 14.5 Å². The minimum absolute atomic E-state index is 0.145. The summed E-state index contributed by atoms with van der Waals surface area (Å²) < 4.78 is 22.3. The summed E-state index contributed by atoms with van der Waals surface area (Å²) in [6.45, 7) is 2.41. The zero-order valence-corrected chi connectivity index (χ0v) is 18.3. The number of ether oxygens (including phenoxy) is 1. The SMILES string of the molecule is CN1C(=O)[C@]2(C[C@@](C)(Cn3ccnc3)Oc3ccc(-c4cc(F)cc(Cl)c4)cc32)N=C1N. The van der Waals surface area contributed by atoms with Gasteiger partial charge >= 0.3 is 0 Å². The number of carbonyl (C=O) groups is 1. The summed E-state index contributed by atoms with van der Waals surface area (Å²) in [5, 5.41) is 0.288. The Bertz CT molecular complexity index is 1240. The van der Waals surface area contributed by atoms with Crippen LogP contribution in [0.25, 0.3) is 11.1 Å². The third-order valence-electron chi connectivity index (χ3n) is 5.99. The van der Waals surface area contributed by atoms with E-state index in [1.807, 2.05) is 29.8 Å². The van der Waals surface area contributed by atoms with Crippen LogP contribution in [0.3, 0.4) is 0 Å². The fraction of sp³-hybridized carbons (Fsp3) is 0.261. The third-order valence-corrected chi connectivity index (χ3v) is 6.21. The second-order valence-corrected chi connectivity index (χ2v) is 8.96. The van der Waals surface area contributed by atoms with Gasteiger partial charge in [0.1, 0.15) is 17.2 Å². The van der Waals surface area contributed by atoms with Gasteiger partial charge in [0, 0.05) is 36.4 Å². The van der Waals surface area contributed by atoms with E-state index in [2.05, 4.69) is 9.98 Å². The van der Waals surface area contributed by atoms with Gasteiger partial charge in [-0.05, 0) is 48.4 Å². The molecular formula is C23H21ClFN5O2. The van der Waals surface area contributed by atoms with E-state index in [9.17, 15) is 9.18 Å². The molecule has 3 heterocycles. The van der Waals surface area contributed by atoms with Crippen molar-refractivity contribution in [2.24, 2.45) is 10.7 Å². The maximum atomic E-state index is 14.0. The molecule has 2 N–H and O–H groups in total. The molecule has 0 saturated heterocycles. The normalized spacial score (nSPS) is 24.4. The smallest absolute Gasteiger partial charge is 0.261 e. The quantitative estimate of drug-likeness (QED) is 0.657. The Balaban J connectivity index is 1.66. The molecule has 0 aliphatic carbocycles. The second kappa shape index (κ2) is 7.06. The van der Waals surface area contributed by atoms with Crippen molar-refractivity contribution in [3.05, 3.63) is 71.5 Å². The molecule has 0 fully saturated rings. The topological polar surface area (TPSA) is 85.7 Å². The summed E-state index contributed by atoms with van der Waals surface area (Å²) in [7, 11) is 1.61. The average molecular weight is 454 g/mol. The lowest BCUT2D eigenvalue weighted by atomic mass is 9.76. The van der Waals surface area contributed by atoms with Crippen LogP contribution in [0, 0.1) is 5.82 Å². The molecule has 5 rings (SSSR count). The molecule has 0 radical (unpaired) electrons. The van der Waals surface area contributed by atoms with E-state index >= 15 is 0 Å². The van der Waals surface area contributed by atoms with Crippen LogP contribution >= 0.6 is 11.6 Å². The number of hydrogen-bond acceptors (Lipinski definition) is 5. The van der Waals surface area contributed by atoms with Crippen molar-refractivity contribution in [2.75, 3.05) is 7.05 Å². The fourth-order valence-electron chi connectivity index (χ4n) is 4.63. The number of aromatic nitrogens is 2. The van der Waals surface area contributed by atoms with Crippen LogP contribution in [0.15, 0.2) is 60.1 Å². The highest BCUT2D eigenvalue weighted by Gasteiger charge is 2.56. The summed E-state index contributed by atoms with van der Waals surface area (Å²) in [5.74, 6) is 0.00575. The molecule has 0 saturated carbocycles. The zero-order chi connectivity index (χ0) is 22.7. The number of aliphatic imine (C=N–C) groups is 1. The number of amides is 1. The maximum absolute atomic E-state index is 14.0. The largest absolute Gasteiger partial charge is 0.485 e. The number of fused-ring (bicyclic) bond motifs is 2. The van der Waals surface area contributed by atoms with Crippen molar-refractivity contribution < 1.29 is 13.9 Å². The van der Waals surface area contributed by atoms with Crippen LogP contribution in [0.1, 0.15) is 18.9 Å². The van der Waals surface area contributed by atoms with Gasteiger partial charge in [0.25, 0.3) is 5.91 Å². The number of nitrogens with zero attached hydrogens (tertiary/aromatic N) is 4. The van der Waals surface area contributed by atoms with Crippen molar-refractivity contribution in [3.63, 3.8) is 0 Å². The summed E-state index contributed by atoms with van der Waals surface area (Å²) in [5.41, 5.74) is 5.97. The van der Waals surface area contributed by atoms with Crippen LogP contribution in [-0.4, -0.2) is 39.0 Å². The third kappa shape index (κ3) is 3.22. The molecule has 3 aromatic rings. The van der Waals surface area contributed by atoms with Crippen LogP contribution in [0.2, 0.25) is 5.02 Å². The number of imidazole rings is 1. The Kier molecular flexibility index (Phi) is 4.53.